The van der Waals surface area contributed by atoms with Gasteiger partial charge in [-0.05, 0) is 60.7 Å². The molecule has 5 nitrogen and oxygen atoms in total. The van der Waals surface area contributed by atoms with Crippen LogP contribution in [0.25, 0.3) is 0 Å². The second kappa shape index (κ2) is 15.0. The van der Waals surface area contributed by atoms with Gasteiger partial charge in [0.05, 0.1) is 6.42 Å². The topological polar surface area (TPSA) is 69.6 Å². The lowest BCUT2D eigenvalue weighted by atomic mass is 10.1. The zero-order chi connectivity index (χ0) is 25.6. The maximum absolute atomic E-state index is 13.2. The number of carbonyl (C=O) groups is 2. The summed E-state index contributed by atoms with van der Waals surface area (Å²) in [4.78, 5) is 28.0. The van der Waals surface area contributed by atoms with E-state index in [2.05, 4.69) is 30.4 Å². The molecule has 0 aliphatic carbocycles. The van der Waals surface area contributed by atoms with Gasteiger partial charge < -0.3 is 10.4 Å². The van der Waals surface area contributed by atoms with E-state index in [0.29, 0.717) is 13.1 Å². The first-order valence-corrected chi connectivity index (χ1v) is 13.5. The highest BCUT2D eigenvalue weighted by atomic mass is 32.2. The Hall–Kier alpha value is -3.25. The summed E-state index contributed by atoms with van der Waals surface area (Å²) in [5.41, 5.74) is 2.93. The first kappa shape index (κ1) is 27.3. The predicted molar refractivity (Wildman–Crippen MR) is 148 cm³/mol. The summed E-state index contributed by atoms with van der Waals surface area (Å²) in [6.45, 7) is 3.50. The number of aryl methyl sites for hydroxylation is 1. The van der Waals surface area contributed by atoms with Crippen molar-refractivity contribution in [2.75, 3.05) is 18.0 Å². The molecule has 0 unspecified atom stereocenters. The lowest BCUT2D eigenvalue weighted by Crippen LogP contribution is -2.41. The minimum absolute atomic E-state index is 0.0198. The van der Waals surface area contributed by atoms with Gasteiger partial charge in [0.15, 0.2) is 0 Å². The zero-order valence-electron chi connectivity index (χ0n) is 21.0. The average molecular weight is 505 g/mol. The van der Waals surface area contributed by atoms with Crippen molar-refractivity contribution in [1.29, 1.82) is 0 Å². The zero-order valence-corrected chi connectivity index (χ0v) is 21.8. The van der Waals surface area contributed by atoms with E-state index in [1.807, 2.05) is 65.6 Å². The number of anilines is 1. The van der Waals surface area contributed by atoms with Crippen molar-refractivity contribution in [1.82, 2.24) is 5.32 Å². The molecular formula is C30H36N2O3S. The van der Waals surface area contributed by atoms with Crippen molar-refractivity contribution in [2.24, 2.45) is 0 Å². The quantitative estimate of drug-likeness (QED) is 0.228. The van der Waals surface area contributed by atoms with Crippen LogP contribution in [0.15, 0.2) is 88.7 Å². The fourth-order valence-corrected chi connectivity index (χ4v) is 4.85. The van der Waals surface area contributed by atoms with Gasteiger partial charge in [-0.25, -0.2) is 4.79 Å². The first-order valence-electron chi connectivity index (χ1n) is 12.7. The largest absolute Gasteiger partial charge is 0.481 e. The SMILES string of the molecule is CCCCCCNC(=O)N(CCCc1ccccc1)c1cccc(Sc2ccc(CC(=O)O)cc2)c1. The Balaban J connectivity index is 1.68. The molecule has 3 rings (SSSR count). The Morgan fingerprint density at radius 1 is 0.833 bits per heavy atom. The molecule has 0 aliphatic heterocycles. The Bertz CT molecular complexity index is 1090. The highest BCUT2D eigenvalue weighted by Gasteiger charge is 2.16. The number of nitrogens with zero attached hydrogens (tertiary/aromatic N) is 1. The number of aliphatic carboxylic acids is 1. The second-order valence-corrected chi connectivity index (χ2v) is 9.99. The molecule has 3 aromatic carbocycles. The van der Waals surface area contributed by atoms with Crippen LogP contribution in [0.2, 0.25) is 0 Å². The van der Waals surface area contributed by atoms with Gasteiger partial charge in [0, 0.05) is 28.6 Å². The number of amides is 2. The lowest BCUT2D eigenvalue weighted by molar-refractivity contribution is -0.136. The highest BCUT2D eigenvalue weighted by Crippen LogP contribution is 2.31. The molecule has 0 saturated carbocycles. The lowest BCUT2D eigenvalue weighted by Gasteiger charge is -2.24. The van der Waals surface area contributed by atoms with E-state index in [1.165, 1.54) is 18.4 Å². The number of rotatable bonds is 14. The minimum atomic E-state index is -0.834. The van der Waals surface area contributed by atoms with Gasteiger partial charge in [-0.1, -0.05) is 86.5 Å². The summed E-state index contributed by atoms with van der Waals surface area (Å²) in [5.74, 6) is -0.834. The van der Waals surface area contributed by atoms with E-state index >= 15 is 0 Å². The van der Waals surface area contributed by atoms with Gasteiger partial charge in [0.25, 0.3) is 0 Å². The molecule has 0 saturated heterocycles. The van der Waals surface area contributed by atoms with Crippen molar-refractivity contribution in [3.8, 4) is 0 Å². The number of urea groups is 1. The standard InChI is InChI=1S/C30H36N2O3S/c1-2-3-4-8-20-31-30(35)32(21-10-13-24-11-6-5-7-12-24)26-14-9-15-28(23-26)36-27-18-16-25(17-19-27)22-29(33)34/h5-7,9,11-12,14-19,23H,2-4,8,10,13,20-22H2,1H3,(H,31,35)(H,33,34). The molecule has 0 atom stereocenters. The van der Waals surface area contributed by atoms with Crippen LogP contribution in [0.3, 0.4) is 0 Å². The number of hydrogen-bond donors (Lipinski definition) is 2. The second-order valence-electron chi connectivity index (χ2n) is 8.85. The van der Waals surface area contributed by atoms with E-state index < -0.39 is 5.97 Å². The maximum atomic E-state index is 13.2. The Labute approximate surface area is 218 Å². The van der Waals surface area contributed by atoms with Gasteiger partial charge >= 0.3 is 12.0 Å². The van der Waals surface area contributed by atoms with Crippen LogP contribution >= 0.6 is 11.8 Å². The van der Waals surface area contributed by atoms with E-state index in [-0.39, 0.29) is 12.5 Å². The normalized spacial score (nSPS) is 10.7. The molecular weight excluding hydrogens is 468 g/mol. The van der Waals surface area contributed by atoms with Gasteiger partial charge in [-0.3, -0.25) is 9.69 Å². The Morgan fingerprint density at radius 2 is 1.61 bits per heavy atom. The van der Waals surface area contributed by atoms with Gasteiger partial charge in [0.1, 0.15) is 0 Å². The summed E-state index contributed by atoms with van der Waals surface area (Å²) >= 11 is 1.60. The fourth-order valence-electron chi connectivity index (χ4n) is 3.98. The van der Waals surface area contributed by atoms with Crippen LogP contribution in [-0.2, 0) is 17.6 Å². The molecule has 0 aliphatic rings. The minimum Gasteiger partial charge on any atom is -0.481 e. The highest BCUT2D eigenvalue weighted by molar-refractivity contribution is 7.99. The molecule has 6 heteroatoms. The van der Waals surface area contributed by atoms with Crippen LogP contribution in [0.1, 0.15) is 50.2 Å². The molecule has 0 bridgehead atoms. The van der Waals surface area contributed by atoms with Crippen molar-refractivity contribution < 1.29 is 14.7 Å². The smallest absolute Gasteiger partial charge is 0.321 e. The molecule has 0 spiro atoms. The molecule has 0 heterocycles. The van der Waals surface area contributed by atoms with Crippen molar-refractivity contribution >= 4 is 29.4 Å². The summed E-state index contributed by atoms with van der Waals surface area (Å²) < 4.78 is 0. The van der Waals surface area contributed by atoms with Crippen LogP contribution in [0.5, 0.6) is 0 Å². The van der Waals surface area contributed by atoms with Crippen LogP contribution in [-0.4, -0.2) is 30.2 Å². The Morgan fingerprint density at radius 3 is 2.33 bits per heavy atom. The van der Waals surface area contributed by atoms with Gasteiger partial charge in [-0.15, -0.1) is 0 Å². The molecule has 190 valence electrons. The number of carbonyl (C=O) groups excluding carboxylic acids is 1. The summed E-state index contributed by atoms with van der Waals surface area (Å²) in [6.07, 6.45) is 6.28. The monoisotopic (exact) mass is 504 g/mol. The van der Waals surface area contributed by atoms with Crippen LogP contribution in [0.4, 0.5) is 10.5 Å². The summed E-state index contributed by atoms with van der Waals surface area (Å²) in [5, 5.41) is 12.1. The fraction of sp³-hybridized carbons (Fsp3) is 0.333. The predicted octanol–water partition coefficient (Wildman–Crippen LogP) is 7.19. The van der Waals surface area contributed by atoms with Crippen molar-refractivity contribution in [3.05, 3.63) is 90.0 Å². The average Bonchev–Trinajstić information content (AvgIpc) is 2.88. The van der Waals surface area contributed by atoms with Crippen molar-refractivity contribution in [3.63, 3.8) is 0 Å². The molecule has 0 aromatic heterocycles. The number of unbranched alkanes of at least 4 members (excludes halogenated alkanes) is 3. The number of hydrogen-bond acceptors (Lipinski definition) is 3. The number of nitrogens with one attached hydrogen (secondary N) is 1. The third-order valence-electron chi connectivity index (χ3n) is 5.89. The van der Waals surface area contributed by atoms with E-state index in [1.54, 1.807) is 11.8 Å². The molecule has 0 radical (unpaired) electrons. The van der Waals surface area contributed by atoms with E-state index in [0.717, 1.165) is 46.7 Å². The Kier molecular flexibility index (Phi) is 11.4. The number of carboxylic acids is 1. The molecule has 36 heavy (non-hydrogen) atoms. The summed E-state index contributed by atoms with van der Waals surface area (Å²) in [7, 11) is 0. The first-order chi connectivity index (χ1) is 17.5. The third-order valence-corrected chi connectivity index (χ3v) is 6.88. The van der Waals surface area contributed by atoms with Crippen molar-refractivity contribution in [2.45, 2.75) is 61.7 Å². The molecule has 2 amide bonds. The van der Waals surface area contributed by atoms with Crippen LogP contribution in [0, 0.1) is 0 Å². The number of benzene rings is 3. The van der Waals surface area contributed by atoms with Gasteiger partial charge in [0.2, 0.25) is 0 Å². The summed E-state index contributed by atoms with van der Waals surface area (Å²) in [6, 6.07) is 25.9. The number of carboxylic acid groups (broad SMARTS) is 1. The van der Waals surface area contributed by atoms with E-state index in [9.17, 15) is 9.59 Å². The molecule has 3 aromatic rings. The van der Waals surface area contributed by atoms with E-state index in [4.69, 9.17) is 5.11 Å². The van der Waals surface area contributed by atoms with Gasteiger partial charge in [-0.2, -0.15) is 0 Å². The molecule has 2 N–H and O–H groups in total. The van der Waals surface area contributed by atoms with Crippen LogP contribution < -0.4 is 10.2 Å². The maximum Gasteiger partial charge on any atom is 0.321 e. The third kappa shape index (κ3) is 9.42. The molecule has 0 fully saturated rings.